The molecule has 1 heterocycles. The summed E-state index contributed by atoms with van der Waals surface area (Å²) in [7, 11) is 3.15. The lowest BCUT2D eigenvalue weighted by Crippen LogP contribution is -1.99. The van der Waals surface area contributed by atoms with Gasteiger partial charge in [-0.2, -0.15) is 0 Å². The van der Waals surface area contributed by atoms with Crippen LogP contribution in [0.15, 0.2) is 36.4 Å². The number of imidazole rings is 1. The summed E-state index contributed by atoms with van der Waals surface area (Å²) in [6, 6.07) is 9.88. The fourth-order valence-electron chi connectivity index (χ4n) is 2.28. The minimum atomic E-state index is -0.322. The van der Waals surface area contributed by atoms with Crippen molar-refractivity contribution in [2.24, 2.45) is 0 Å². The number of ether oxygens (including phenoxy) is 2. The van der Waals surface area contributed by atoms with Gasteiger partial charge < -0.3 is 14.5 Å². The van der Waals surface area contributed by atoms with Gasteiger partial charge in [-0.15, -0.1) is 0 Å². The molecule has 1 N–H and O–H groups in total. The topological polar surface area (TPSA) is 39.2 Å². The van der Waals surface area contributed by atoms with E-state index in [2.05, 4.69) is 4.98 Å². The van der Waals surface area contributed by atoms with Crippen LogP contribution in [-0.4, -0.2) is 23.8 Å². The van der Waals surface area contributed by atoms with Gasteiger partial charge in [0.1, 0.15) is 17.3 Å². The molecule has 108 valence electrons. The van der Waals surface area contributed by atoms with Crippen LogP contribution in [0.3, 0.4) is 0 Å². The van der Waals surface area contributed by atoms with E-state index in [9.17, 15) is 4.39 Å². The molecule has 0 amide bonds. The zero-order valence-corrected chi connectivity index (χ0v) is 12.3. The molecular formula is C15H13FN2O2S. The van der Waals surface area contributed by atoms with Gasteiger partial charge in [0, 0.05) is 12.1 Å². The van der Waals surface area contributed by atoms with Crippen molar-refractivity contribution in [1.29, 1.82) is 0 Å². The Balaban J connectivity index is 2.32. The Kier molecular flexibility index (Phi) is 3.39. The number of hydrogen-bond donors (Lipinski definition) is 1. The molecule has 0 aliphatic rings. The lowest BCUT2D eigenvalue weighted by Gasteiger charge is -2.12. The molecule has 0 bridgehead atoms. The number of benzene rings is 2. The number of nitrogens with one attached hydrogen (secondary N) is 1. The van der Waals surface area contributed by atoms with Crippen LogP contribution in [0.25, 0.3) is 16.7 Å². The van der Waals surface area contributed by atoms with Crippen LogP contribution in [0.5, 0.6) is 11.5 Å². The summed E-state index contributed by atoms with van der Waals surface area (Å²) in [6.45, 7) is 0. The van der Waals surface area contributed by atoms with Crippen molar-refractivity contribution in [3.05, 3.63) is 47.0 Å². The van der Waals surface area contributed by atoms with E-state index in [0.29, 0.717) is 21.8 Å². The van der Waals surface area contributed by atoms with Gasteiger partial charge in [-0.3, -0.25) is 4.57 Å². The molecule has 3 rings (SSSR count). The van der Waals surface area contributed by atoms with E-state index in [0.717, 1.165) is 11.2 Å². The minimum absolute atomic E-state index is 0.322. The summed E-state index contributed by atoms with van der Waals surface area (Å²) >= 11 is 5.35. The summed E-state index contributed by atoms with van der Waals surface area (Å²) in [5.74, 6) is 0.946. The molecule has 1 aromatic heterocycles. The number of nitrogens with zero attached hydrogens (tertiary/aromatic N) is 1. The second kappa shape index (κ2) is 5.21. The molecule has 4 nitrogen and oxygen atoms in total. The molecule has 6 heteroatoms. The number of fused-ring (bicyclic) bond motifs is 1. The standard InChI is InChI=1S/C15H13FN2O2S/c1-19-10-4-6-12(14(8-10)20-2)18-13-7-9(16)3-5-11(13)17-15(18)21/h3-8H,1-2H3,(H,17,21). The van der Waals surface area contributed by atoms with E-state index < -0.39 is 0 Å². The molecule has 0 radical (unpaired) electrons. The second-order valence-electron chi connectivity index (χ2n) is 4.46. The van der Waals surface area contributed by atoms with Crippen LogP contribution in [0.1, 0.15) is 0 Å². The van der Waals surface area contributed by atoms with E-state index >= 15 is 0 Å². The monoisotopic (exact) mass is 304 g/mol. The van der Waals surface area contributed by atoms with E-state index in [1.165, 1.54) is 12.1 Å². The van der Waals surface area contributed by atoms with E-state index in [-0.39, 0.29) is 5.82 Å². The zero-order chi connectivity index (χ0) is 15.0. The molecule has 0 fully saturated rings. The fraction of sp³-hybridized carbons (Fsp3) is 0.133. The molecule has 0 saturated heterocycles. The Morgan fingerprint density at radius 3 is 2.62 bits per heavy atom. The van der Waals surface area contributed by atoms with Crippen LogP contribution in [0.2, 0.25) is 0 Å². The van der Waals surface area contributed by atoms with Gasteiger partial charge in [0.15, 0.2) is 4.77 Å². The Hall–Kier alpha value is -2.34. The zero-order valence-electron chi connectivity index (χ0n) is 11.5. The summed E-state index contributed by atoms with van der Waals surface area (Å²) < 4.78 is 26.3. The smallest absolute Gasteiger partial charge is 0.182 e. The first-order chi connectivity index (χ1) is 10.1. The van der Waals surface area contributed by atoms with Gasteiger partial charge in [0.05, 0.1) is 30.9 Å². The Bertz CT molecular complexity index is 870. The maximum atomic E-state index is 13.5. The first kappa shape index (κ1) is 13.6. The van der Waals surface area contributed by atoms with Crippen molar-refractivity contribution in [3.8, 4) is 17.2 Å². The van der Waals surface area contributed by atoms with Crippen molar-refractivity contribution < 1.29 is 13.9 Å². The van der Waals surface area contributed by atoms with E-state index in [1.54, 1.807) is 37.0 Å². The molecule has 3 aromatic rings. The largest absolute Gasteiger partial charge is 0.497 e. The van der Waals surface area contributed by atoms with E-state index in [1.807, 2.05) is 6.07 Å². The number of aromatic amines is 1. The van der Waals surface area contributed by atoms with Gasteiger partial charge in [0.25, 0.3) is 0 Å². The van der Waals surface area contributed by atoms with Crippen molar-refractivity contribution in [2.75, 3.05) is 14.2 Å². The molecule has 21 heavy (non-hydrogen) atoms. The second-order valence-corrected chi connectivity index (χ2v) is 4.85. The highest BCUT2D eigenvalue weighted by Crippen LogP contribution is 2.30. The minimum Gasteiger partial charge on any atom is -0.497 e. The summed E-state index contributed by atoms with van der Waals surface area (Å²) in [4.78, 5) is 3.06. The van der Waals surface area contributed by atoms with Gasteiger partial charge in [-0.05, 0) is 36.5 Å². The van der Waals surface area contributed by atoms with Crippen molar-refractivity contribution in [3.63, 3.8) is 0 Å². The molecular weight excluding hydrogens is 291 g/mol. The summed E-state index contributed by atoms with van der Waals surface area (Å²) in [5.41, 5.74) is 2.14. The number of hydrogen-bond acceptors (Lipinski definition) is 3. The maximum Gasteiger partial charge on any atom is 0.182 e. The Morgan fingerprint density at radius 2 is 1.90 bits per heavy atom. The maximum absolute atomic E-state index is 13.5. The number of H-pyrrole nitrogens is 1. The van der Waals surface area contributed by atoms with Crippen molar-refractivity contribution >= 4 is 23.3 Å². The average Bonchev–Trinajstić information content (AvgIpc) is 2.81. The highest BCUT2D eigenvalue weighted by atomic mass is 32.1. The van der Waals surface area contributed by atoms with Crippen LogP contribution < -0.4 is 9.47 Å². The molecule has 0 aliphatic carbocycles. The lowest BCUT2D eigenvalue weighted by molar-refractivity contribution is 0.393. The predicted octanol–water partition coefficient (Wildman–Crippen LogP) is 3.84. The van der Waals surface area contributed by atoms with Gasteiger partial charge in [-0.1, -0.05) is 0 Å². The number of aromatic nitrogens is 2. The quantitative estimate of drug-likeness (QED) is 0.747. The highest BCUT2D eigenvalue weighted by Gasteiger charge is 2.12. The van der Waals surface area contributed by atoms with Gasteiger partial charge in [-0.25, -0.2) is 4.39 Å². The van der Waals surface area contributed by atoms with Crippen molar-refractivity contribution in [2.45, 2.75) is 0 Å². The Labute approximate surface area is 125 Å². The highest BCUT2D eigenvalue weighted by molar-refractivity contribution is 7.71. The average molecular weight is 304 g/mol. The van der Waals surface area contributed by atoms with Crippen molar-refractivity contribution in [1.82, 2.24) is 9.55 Å². The van der Waals surface area contributed by atoms with Crippen LogP contribution in [0.4, 0.5) is 4.39 Å². The lowest BCUT2D eigenvalue weighted by atomic mass is 10.2. The van der Waals surface area contributed by atoms with Crippen LogP contribution in [0, 0.1) is 10.6 Å². The van der Waals surface area contributed by atoms with Crippen LogP contribution >= 0.6 is 12.2 Å². The third-order valence-corrected chi connectivity index (χ3v) is 3.56. The normalized spacial score (nSPS) is 10.8. The SMILES string of the molecule is COc1ccc(-n2c(=S)[nH]c3ccc(F)cc32)c(OC)c1. The van der Waals surface area contributed by atoms with Gasteiger partial charge in [0.2, 0.25) is 0 Å². The van der Waals surface area contributed by atoms with Crippen LogP contribution in [-0.2, 0) is 0 Å². The number of methoxy groups -OCH3 is 2. The molecule has 0 spiro atoms. The first-order valence-electron chi connectivity index (χ1n) is 6.26. The number of halogens is 1. The molecule has 0 unspecified atom stereocenters. The summed E-state index contributed by atoms with van der Waals surface area (Å²) in [5, 5.41) is 0. The summed E-state index contributed by atoms with van der Waals surface area (Å²) in [6.07, 6.45) is 0. The van der Waals surface area contributed by atoms with E-state index in [4.69, 9.17) is 21.7 Å². The Morgan fingerprint density at radius 1 is 1.10 bits per heavy atom. The third kappa shape index (κ3) is 2.27. The predicted molar refractivity (Wildman–Crippen MR) is 81.5 cm³/mol. The fourth-order valence-corrected chi connectivity index (χ4v) is 2.59. The molecule has 0 aliphatic heterocycles. The molecule has 2 aromatic carbocycles. The first-order valence-corrected chi connectivity index (χ1v) is 6.67. The number of rotatable bonds is 3. The third-order valence-electron chi connectivity index (χ3n) is 3.27. The molecule has 0 saturated carbocycles. The molecule has 0 atom stereocenters. The van der Waals surface area contributed by atoms with Gasteiger partial charge >= 0.3 is 0 Å².